The maximum Gasteiger partial charge on any atom is 0.315 e. The summed E-state index contributed by atoms with van der Waals surface area (Å²) in [6.07, 6.45) is 3.93. The van der Waals surface area contributed by atoms with E-state index in [0.717, 1.165) is 11.1 Å². The predicted octanol–water partition coefficient (Wildman–Crippen LogP) is 1.58. The first-order chi connectivity index (χ1) is 12.0. The normalized spacial score (nSPS) is 18.2. The Morgan fingerprint density at radius 3 is 2.80 bits per heavy atom. The Hall–Kier alpha value is -2.83. The summed E-state index contributed by atoms with van der Waals surface area (Å²) in [6.45, 7) is 3.01. The molecule has 1 aliphatic rings. The van der Waals surface area contributed by atoms with Gasteiger partial charge in [-0.2, -0.15) is 5.10 Å². The van der Waals surface area contributed by atoms with Crippen LogP contribution in [0.25, 0.3) is 0 Å². The maximum atomic E-state index is 12.2. The van der Waals surface area contributed by atoms with Gasteiger partial charge in [0.15, 0.2) is 0 Å². The molecule has 3 amide bonds. The Labute approximate surface area is 147 Å². The molecule has 0 aliphatic carbocycles. The number of carbonyl (C=O) groups is 2. The summed E-state index contributed by atoms with van der Waals surface area (Å²) in [5.41, 5.74) is 2.03. The SMILES string of the molecule is C[C@H](NC(=O)N[C@@H]1CC(=O)N(Cc2ccccc2)C1)c1cnn(C)c1. The molecule has 25 heavy (non-hydrogen) atoms. The van der Waals surface area contributed by atoms with E-state index in [1.165, 1.54) is 0 Å². The number of aromatic nitrogens is 2. The zero-order valence-corrected chi connectivity index (χ0v) is 14.5. The molecule has 7 nitrogen and oxygen atoms in total. The minimum absolute atomic E-state index is 0.0643. The fraction of sp³-hybridized carbons (Fsp3) is 0.389. The molecule has 1 fully saturated rings. The Kier molecular flexibility index (Phi) is 5.02. The molecule has 1 aliphatic heterocycles. The van der Waals surface area contributed by atoms with Crippen LogP contribution in [0.4, 0.5) is 4.79 Å². The molecule has 0 bridgehead atoms. The lowest BCUT2D eigenvalue weighted by atomic mass is 10.2. The van der Waals surface area contributed by atoms with E-state index in [1.807, 2.05) is 50.5 Å². The zero-order valence-electron chi connectivity index (χ0n) is 14.5. The molecule has 2 heterocycles. The third kappa shape index (κ3) is 4.37. The third-order valence-corrected chi connectivity index (χ3v) is 4.34. The first-order valence-electron chi connectivity index (χ1n) is 8.38. The van der Waals surface area contributed by atoms with Crippen molar-refractivity contribution in [3.05, 3.63) is 53.9 Å². The maximum absolute atomic E-state index is 12.2. The number of hydrogen-bond acceptors (Lipinski definition) is 3. The minimum Gasteiger partial charge on any atom is -0.336 e. The molecule has 3 rings (SSSR count). The number of likely N-dealkylation sites (tertiary alicyclic amines) is 1. The highest BCUT2D eigenvalue weighted by molar-refractivity contribution is 5.81. The van der Waals surface area contributed by atoms with Crippen molar-refractivity contribution in [2.45, 2.75) is 32.0 Å². The van der Waals surface area contributed by atoms with Gasteiger partial charge in [-0.3, -0.25) is 9.48 Å². The second-order valence-electron chi connectivity index (χ2n) is 6.45. The van der Waals surface area contributed by atoms with Gasteiger partial charge in [0.25, 0.3) is 0 Å². The van der Waals surface area contributed by atoms with E-state index in [9.17, 15) is 9.59 Å². The van der Waals surface area contributed by atoms with E-state index >= 15 is 0 Å². The van der Waals surface area contributed by atoms with Gasteiger partial charge in [-0.05, 0) is 12.5 Å². The van der Waals surface area contributed by atoms with Crippen LogP contribution in [0.15, 0.2) is 42.7 Å². The molecule has 2 N–H and O–H groups in total. The predicted molar refractivity (Wildman–Crippen MR) is 93.6 cm³/mol. The van der Waals surface area contributed by atoms with Crippen LogP contribution in [0.5, 0.6) is 0 Å². The van der Waals surface area contributed by atoms with Crippen molar-refractivity contribution in [2.24, 2.45) is 7.05 Å². The second kappa shape index (κ2) is 7.38. The van der Waals surface area contributed by atoms with Crippen LogP contribution in [0.3, 0.4) is 0 Å². The van der Waals surface area contributed by atoms with Crippen molar-refractivity contribution in [3.63, 3.8) is 0 Å². The van der Waals surface area contributed by atoms with Gasteiger partial charge in [-0.1, -0.05) is 30.3 Å². The molecule has 0 saturated carbocycles. The molecule has 2 aromatic rings. The third-order valence-electron chi connectivity index (χ3n) is 4.34. The van der Waals surface area contributed by atoms with Crippen molar-refractivity contribution < 1.29 is 9.59 Å². The topological polar surface area (TPSA) is 79.3 Å². The Morgan fingerprint density at radius 1 is 1.36 bits per heavy atom. The monoisotopic (exact) mass is 341 g/mol. The first kappa shape index (κ1) is 17.0. The van der Waals surface area contributed by atoms with Gasteiger partial charge < -0.3 is 15.5 Å². The summed E-state index contributed by atoms with van der Waals surface area (Å²) in [7, 11) is 1.84. The quantitative estimate of drug-likeness (QED) is 0.867. The number of carbonyl (C=O) groups excluding carboxylic acids is 2. The Balaban J connectivity index is 1.50. The van der Waals surface area contributed by atoms with Gasteiger partial charge in [-0.25, -0.2) is 4.79 Å². The van der Waals surface area contributed by atoms with E-state index in [0.29, 0.717) is 19.5 Å². The lowest BCUT2D eigenvalue weighted by Gasteiger charge is -2.18. The average molecular weight is 341 g/mol. The summed E-state index contributed by atoms with van der Waals surface area (Å²) in [5, 5.41) is 9.88. The van der Waals surface area contributed by atoms with Gasteiger partial charge in [-0.15, -0.1) is 0 Å². The van der Waals surface area contributed by atoms with Crippen molar-refractivity contribution in [1.29, 1.82) is 0 Å². The second-order valence-corrected chi connectivity index (χ2v) is 6.45. The Morgan fingerprint density at radius 2 is 2.12 bits per heavy atom. The number of nitrogens with zero attached hydrogens (tertiary/aromatic N) is 3. The summed E-state index contributed by atoms with van der Waals surface area (Å²) < 4.78 is 1.70. The van der Waals surface area contributed by atoms with Crippen molar-refractivity contribution >= 4 is 11.9 Å². The van der Waals surface area contributed by atoms with E-state index in [2.05, 4.69) is 15.7 Å². The molecule has 132 valence electrons. The number of aryl methyl sites for hydroxylation is 1. The van der Waals surface area contributed by atoms with Gasteiger partial charge >= 0.3 is 6.03 Å². The van der Waals surface area contributed by atoms with Crippen LogP contribution < -0.4 is 10.6 Å². The smallest absolute Gasteiger partial charge is 0.315 e. The van der Waals surface area contributed by atoms with Crippen LogP contribution in [-0.4, -0.2) is 39.2 Å². The van der Waals surface area contributed by atoms with Gasteiger partial charge in [0.05, 0.1) is 18.3 Å². The number of urea groups is 1. The van der Waals surface area contributed by atoms with Crippen molar-refractivity contribution in [1.82, 2.24) is 25.3 Å². The zero-order chi connectivity index (χ0) is 17.8. The first-order valence-corrected chi connectivity index (χ1v) is 8.38. The van der Waals surface area contributed by atoms with Crippen molar-refractivity contribution in [2.75, 3.05) is 6.54 Å². The van der Waals surface area contributed by atoms with E-state index in [4.69, 9.17) is 0 Å². The molecule has 1 aromatic heterocycles. The van der Waals surface area contributed by atoms with Crippen LogP contribution in [0.2, 0.25) is 0 Å². The lowest BCUT2D eigenvalue weighted by Crippen LogP contribution is -2.44. The molecular formula is C18H23N5O2. The van der Waals surface area contributed by atoms with Crippen LogP contribution in [0, 0.1) is 0 Å². The van der Waals surface area contributed by atoms with E-state index < -0.39 is 0 Å². The summed E-state index contributed by atoms with van der Waals surface area (Å²) in [6, 6.07) is 9.27. The van der Waals surface area contributed by atoms with Crippen LogP contribution in [-0.2, 0) is 18.4 Å². The number of nitrogens with one attached hydrogen (secondary N) is 2. The molecular weight excluding hydrogens is 318 g/mol. The number of hydrogen-bond donors (Lipinski definition) is 2. The molecule has 1 aromatic carbocycles. The van der Waals surface area contributed by atoms with Gasteiger partial charge in [0, 0.05) is 38.3 Å². The van der Waals surface area contributed by atoms with Gasteiger partial charge in [0.2, 0.25) is 5.91 Å². The number of benzene rings is 1. The number of rotatable bonds is 5. The van der Waals surface area contributed by atoms with Crippen LogP contribution >= 0.6 is 0 Å². The number of amides is 3. The highest BCUT2D eigenvalue weighted by atomic mass is 16.2. The van der Waals surface area contributed by atoms with Crippen molar-refractivity contribution in [3.8, 4) is 0 Å². The van der Waals surface area contributed by atoms with Gasteiger partial charge in [0.1, 0.15) is 0 Å². The molecule has 1 saturated heterocycles. The van der Waals surface area contributed by atoms with E-state index in [1.54, 1.807) is 15.8 Å². The molecule has 7 heteroatoms. The minimum atomic E-state index is -0.268. The molecule has 2 atom stereocenters. The average Bonchev–Trinajstić information content (AvgIpc) is 3.14. The summed E-state index contributed by atoms with van der Waals surface area (Å²) in [5.74, 6) is 0.0643. The standard InChI is InChI=1S/C18H23N5O2/c1-13(15-9-19-22(2)11-15)20-18(25)21-16-8-17(24)23(12-16)10-14-6-4-3-5-7-14/h3-7,9,11,13,16H,8,10,12H2,1-2H3,(H2,20,21,25)/t13-,16+/m0/s1. The summed E-state index contributed by atoms with van der Waals surface area (Å²) >= 11 is 0. The largest absolute Gasteiger partial charge is 0.336 e. The molecule has 0 radical (unpaired) electrons. The molecule has 0 spiro atoms. The van der Waals surface area contributed by atoms with Crippen LogP contribution in [0.1, 0.15) is 30.5 Å². The Bertz CT molecular complexity index is 743. The fourth-order valence-electron chi connectivity index (χ4n) is 3.00. The fourth-order valence-corrected chi connectivity index (χ4v) is 3.00. The summed E-state index contributed by atoms with van der Waals surface area (Å²) in [4.78, 5) is 26.1. The lowest BCUT2D eigenvalue weighted by molar-refractivity contribution is -0.128. The molecule has 0 unspecified atom stereocenters. The highest BCUT2D eigenvalue weighted by Crippen LogP contribution is 2.15. The van der Waals surface area contributed by atoms with E-state index in [-0.39, 0.29) is 24.0 Å². The highest BCUT2D eigenvalue weighted by Gasteiger charge is 2.30.